The zero-order chi connectivity index (χ0) is 50.6. The molecule has 2 unspecified atom stereocenters. The van der Waals surface area contributed by atoms with Gasteiger partial charge in [-0.1, -0.05) is 304 Å². The maximum Gasteiger partial charge on any atom is 0.220 e. The van der Waals surface area contributed by atoms with Crippen molar-refractivity contribution in [3.63, 3.8) is 0 Å². The van der Waals surface area contributed by atoms with E-state index in [0.717, 1.165) is 64.2 Å². The number of carbonyl (C=O) groups excluding carboxylic acids is 1. The summed E-state index contributed by atoms with van der Waals surface area (Å²) in [4.78, 5) is 12.5. The molecule has 3 N–H and O–H groups in total. The number of allylic oxidation sites excluding steroid dienone is 13. The first kappa shape index (κ1) is 67.6. The number of nitrogens with one attached hydrogen (secondary N) is 1. The highest BCUT2D eigenvalue weighted by Gasteiger charge is 2.18. The van der Waals surface area contributed by atoms with Crippen molar-refractivity contribution < 1.29 is 15.0 Å². The summed E-state index contributed by atoms with van der Waals surface area (Å²) in [7, 11) is 0. The largest absolute Gasteiger partial charge is 0.394 e. The lowest BCUT2D eigenvalue weighted by Gasteiger charge is -2.19. The maximum absolute atomic E-state index is 12.5. The molecule has 0 radical (unpaired) electrons. The van der Waals surface area contributed by atoms with Crippen molar-refractivity contribution in [1.29, 1.82) is 0 Å². The van der Waals surface area contributed by atoms with Gasteiger partial charge >= 0.3 is 0 Å². The molecule has 1 amide bonds. The average molecular weight is 975 g/mol. The van der Waals surface area contributed by atoms with Gasteiger partial charge in [-0.2, -0.15) is 0 Å². The van der Waals surface area contributed by atoms with Crippen LogP contribution in [-0.4, -0.2) is 34.9 Å². The third-order valence-corrected chi connectivity index (χ3v) is 13.8. The molecule has 2 atom stereocenters. The normalized spacial score (nSPS) is 13.4. The van der Waals surface area contributed by atoms with Crippen LogP contribution in [0.4, 0.5) is 0 Å². The average Bonchev–Trinajstić information content (AvgIpc) is 3.36. The Hall–Kier alpha value is -2.43. The smallest absolute Gasteiger partial charge is 0.220 e. The summed E-state index contributed by atoms with van der Waals surface area (Å²) in [6, 6.07) is -0.648. The van der Waals surface area contributed by atoms with Crippen LogP contribution in [0.2, 0.25) is 0 Å². The van der Waals surface area contributed by atoms with Gasteiger partial charge < -0.3 is 15.5 Å². The highest BCUT2D eigenvalue weighted by atomic mass is 16.3. The second kappa shape index (κ2) is 60.9. The lowest BCUT2D eigenvalue weighted by Crippen LogP contribution is -2.45. The summed E-state index contributed by atoms with van der Waals surface area (Å²) < 4.78 is 0. The number of amides is 1. The van der Waals surface area contributed by atoms with E-state index < -0.39 is 12.1 Å². The lowest BCUT2D eigenvalue weighted by atomic mass is 10.0. The van der Waals surface area contributed by atoms with Crippen LogP contribution in [0.5, 0.6) is 0 Å². The third kappa shape index (κ3) is 56.5. The Morgan fingerprint density at radius 3 is 1.00 bits per heavy atom. The summed E-state index contributed by atoms with van der Waals surface area (Å²) in [6.45, 7) is 4.20. The van der Waals surface area contributed by atoms with Crippen LogP contribution in [0.3, 0.4) is 0 Å². The molecule has 0 rings (SSSR count). The van der Waals surface area contributed by atoms with Gasteiger partial charge in [-0.05, 0) is 83.5 Å². The fourth-order valence-electron chi connectivity index (χ4n) is 9.20. The van der Waals surface area contributed by atoms with Crippen LogP contribution < -0.4 is 5.32 Å². The molecule has 0 aromatic rings. The van der Waals surface area contributed by atoms with Crippen molar-refractivity contribution in [2.45, 2.75) is 321 Å². The van der Waals surface area contributed by atoms with Gasteiger partial charge in [0, 0.05) is 6.42 Å². The third-order valence-electron chi connectivity index (χ3n) is 13.8. The van der Waals surface area contributed by atoms with Crippen molar-refractivity contribution in [1.82, 2.24) is 5.32 Å². The van der Waals surface area contributed by atoms with E-state index in [1.807, 2.05) is 6.08 Å². The van der Waals surface area contributed by atoms with E-state index in [-0.39, 0.29) is 12.5 Å². The molecule has 0 aliphatic rings. The molecule has 0 bridgehead atoms. The predicted octanol–water partition coefficient (Wildman–Crippen LogP) is 20.7. The minimum absolute atomic E-state index is 0.0748. The molecule has 4 nitrogen and oxygen atoms in total. The van der Waals surface area contributed by atoms with Gasteiger partial charge in [0.05, 0.1) is 18.8 Å². The van der Waals surface area contributed by atoms with Gasteiger partial charge in [0.1, 0.15) is 0 Å². The Morgan fingerprint density at radius 2 is 0.643 bits per heavy atom. The van der Waals surface area contributed by atoms with E-state index in [1.165, 1.54) is 225 Å². The fourth-order valence-corrected chi connectivity index (χ4v) is 9.20. The van der Waals surface area contributed by atoms with Gasteiger partial charge in [0.2, 0.25) is 5.91 Å². The van der Waals surface area contributed by atoms with Crippen molar-refractivity contribution in [3.8, 4) is 0 Å². The van der Waals surface area contributed by atoms with E-state index >= 15 is 0 Å². The number of hydrogen-bond donors (Lipinski definition) is 3. The van der Waals surface area contributed by atoms with E-state index in [4.69, 9.17) is 0 Å². The molecule has 0 heterocycles. The number of hydrogen-bond acceptors (Lipinski definition) is 3. The molecule has 0 aliphatic carbocycles. The van der Waals surface area contributed by atoms with Gasteiger partial charge in [0.15, 0.2) is 0 Å². The number of unbranched alkanes of at least 4 members (excludes halogenated alkanes) is 37. The topological polar surface area (TPSA) is 69.6 Å². The molecule has 0 saturated carbocycles. The van der Waals surface area contributed by atoms with Crippen molar-refractivity contribution in [3.05, 3.63) is 85.1 Å². The van der Waals surface area contributed by atoms with Gasteiger partial charge in [-0.3, -0.25) is 4.79 Å². The number of aliphatic hydroxyl groups is 2. The van der Waals surface area contributed by atoms with Gasteiger partial charge in [-0.25, -0.2) is 0 Å². The highest BCUT2D eigenvalue weighted by Crippen LogP contribution is 2.17. The Bertz CT molecular complexity index is 1240. The number of rotatable bonds is 56. The summed E-state index contributed by atoms with van der Waals surface area (Å²) in [5.41, 5.74) is 0. The van der Waals surface area contributed by atoms with Crippen LogP contribution in [0.15, 0.2) is 85.1 Å². The second-order valence-electron chi connectivity index (χ2n) is 20.7. The maximum atomic E-state index is 12.5. The zero-order valence-electron chi connectivity index (χ0n) is 46.8. The van der Waals surface area contributed by atoms with Crippen molar-refractivity contribution >= 4 is 5.91 Å². The first-order chi connectivity index (χ1) is 34.7. The van der Waals surface area contributed by atoms with E-state index in [2.05, 4.69) is 92.1 Å². The minimum Gasteiger partial charge on any atom is -0.394 e. The Balaban J connectivity index is 3.50. The molecule has 0 saturated heterocycles. The van der Waals surface area contributed by atoms with E-state index in [9.17, 15) is 15.0 Å². The fraction of sp³-hybridized carbons (Fsp3) is 0.773. The van der Waals surface area contributed by atoms with Crippen LogP contribution in [-0.2, 0) is 4.79 Å². The Kier molecular flexibility index (Phi) is 58.8. The van der Waals surface area contributed by atoms with Crippen LogP contribution >= 0.6 is 0 Å². The summed E-state index contributed by atoms with van der Waals surface area (Å²) in [6.07, 6.45) is 89.2. The molecule has 0 aromatic carbocycles. The van der Waals surface area contributed by atoms with Crippen LogP contribution in [0.1, 0.15) is 309 Å². The highest BCUT2D eigenvalue weighted by molar-refractivity contribution is 5.76. The van der Waals surface area contributed by atoms with Gasteiger partial charge in [-0.15, -0.1) is 0 Å². The zero-order valence-corrected chi connectivity index (χ0v) is 46.8. The molecular weight excluding hydrogens is 855 g/mol. The SMILES string of the molecule is CC/C=C\C/C=C\C/C=C\C/C=C\CCCCCCCCCCCCCCCCCCCCCCCCC(=O)NC(CO)C(O)/C=C/CC/C=C/CC/C=C/CCCCCCCCCCCCCCC. The molecule has 70 heavy (non-hydrogen) atoms. The number of carbonyl (C=O) groups is 1. The standard InChI is InChI=1S/C66H119NO3/c1-3-5-7-9-11-13-15-17-19-21-23-25-27-28-29-30-31-32-33-34-35-36-37-38-40-42-44-46-48-50-52-54-56-58-60-62-66(70)67-64(63-68)65(69)61-59-57-55-53-51-49-47-45-43-41-39-26-24-22-20-18-16-14-12-10-8-6-4-2/h5,7,11,13,17,19,23,25,43,45,51,53,59,61,64-65,68-69H,3-4,6,8-10,12,14-16,18,20-22,24,26-42,44,46-50,52,54-58,60,62-63H2,1-2H3,(H,67,70)/b7-5-,13-11-,19-17-,25-23-,45-43+,53-51+,61-59+. The Labute approximate surface area is 437 Å². The van der Waals surface area contributed by atoms with Crippen molar-refractivity contribution in [2.24, 2.45) is 0 Å². The number of aliphatic hydroxyl groups excluding tert-OH is 2. The summed E-state index contributed by atoms with van der Waals surface area (Å²) in [5.74, 6) is -0.0748. The molecule has 0 fully saturated rings. The second-order valence-corrected chi connectivity index (χ2v) is 20.7. The quantitative estimate of drug-likeness (QED) is 0.0420. The minimum atomic E-state index is -0.873. The Morgan fingerprint density at radius 1 is 0.357 bits per heavy atom. The van der Waals surface area contributed by atoms with E-state index in [0.29, 0.717) is 6.42 Å². The monoisotopic (exact) mass is 974 g/mol. The van der Waals surface area contributed by atoms with E-state index in [1.54, 1.807) is 6.08 Å². The first-order valence-electron chi connectivity index (χ1n) is 30.8. The predicted molar refractivity (Wildman–Crippen MR) is 313 cm³/mol. The van der Waals surface area contributed by atoms with Crippen LogP contribution in [0, 0.1) is 0 Å². The summed E-state index contributed by atoms with van der Waals surface area (Å²) in [5, 5.41) is 23.2. The molecule has 4 heteroatoms. The molecule has 0 aromatic heterocycles. The van der Waals surface area contributed by atoms with Gasteiger partial charge in [0.25, 0.3) is 0 Å². The molecule has 0 spiro atoms. The molecule has 406 valence electrons. The van der Waals surface area contributed by atoms with Crippen LogP contribution in [0.25, 0.3) is 0 Å². The molecule has 0 aliphatic heterocycles. The first-order valence-corrected chi connectivity index (χ1v) is 30.8. The summed E-state index contributed by atoms with van der Waals surface area (Å²) >= 11 is 0. The lowest BCUT2D eigenvalue weighted by molar-refractivity contribution is -0.123. The van der Waals surface area contributed by atoms with Crippen molar-refractivity contribution in [2.75, 3.05) is 6.61 Å². The molecular formula is C66H119NO3.